The summed E-state index contributed by atoms with van der Waals surface area (Å²) in [5, 5.41) is 30.2. The number of nitrogens with two attached hydrogens (primary N) is 3. The number of rotatable bonds is 3. The average molecular weight is 212 g/mol. The van der Waals surface area contributed by atoms with Crippen LogP contribution in [0.25, 0.3) is 0 Å². The first-order valence-electron chi connectivity index (χ1n) is 3.48. The third-order valence-electron chi connectivity index (χ3n) is 1.04. The van der Waals surface area contributed by atoms with Crippen molar-refractivity contribution in [3.05, 3.63) is 0 Å². The zero-order chi connectivity index (χ0) is 11.3. The molecule has 0 bridgehead atoms. The number of nitrogens with one attached hydrogen (secondary N) is 2. The van der Waals surface area contributed by atoms with Gasteiger partial charge in [0.25, 0.3) is 5.95 Å². The topological polar surface area (TPSA) is 197 Å². The highest BCUT2D eigenvalue weighted by atomic mass is 15.7. The molecule has 1 aromatic rings. The standard InChI is InChI=1S/C3H8N12/c4-1(5)8-13-14-15(2(6)7)3-9-11-12-10-3/h(H3,6,7)(H4,4,5,8,14)(H,9,10,11,12). The van der Waals surface area contributed by atoms with Crippen molar-refractivity contribution in [2.24, 2.45) is 32.7 Å². The van der Waals surface area contributed by atoms with Gasteiger partial charge in [-0.2, -0.15) is 5.21 Å². The Morgan fingerprint density at radius 2 is 2.13 bits per heavy atom. The Balaban J connectivity index is 2.81. The Morgan fingerprint density at radius 3 is 2.60 bits per heavy atom. The average Bonchev–Trinajstić information content (AvgIpc) is 2.63. The molecule has 0 atom stereocenters. The summed E-state index contributed by atoms with van der Waals surface area (Å²) in [4.78, 5) is 0. The van der Waals surface area contributed by atoms with Crippen molar-refractivity contribution in [3.63, 3.8) is 0 Å². The third kappa shape index (κ3) is 2.87. The van der Waals surface area contributed by atoms with Crippen molar-refractivity contribution in [1.29, 1.82) is 5.41 Å². The number of aromatic amines is 1. The van der Waals surface area contributed by atoms with Crippen LogP contribution in [-0.2, 0) is 0 Å². The highest BCUT2D eigenvalue weighted by Crippen LogP contribution is 2.02. The van der Waals surface area contributed by atoms with Crippen molar-refractivity contribution in [1.82, 2.24) is 20.6 Å². The largest absolute Gasteiger partial charge is 0.368 e. The molecule has 0 radical (unpaired) electrons. The summed E-state index contributed by atoms with van der Waals surface area (Å²) in [5.41, 5.74) is 15.2. The highest BCUT2D eigenvalue weighted by molar-refractivity contribution is 5.89. The number of tetrazole rings is 1. The molecular weight excluding hydrogens is 204 g/mol. The number of H-pyrrole nitrogens is 1. The third-order valence-corrected chi connectivity index (χ3v) is 1.04. The molecule has 80 valence electrons. The lowest BCUT2D eigenvalue weighted by atomic mass is 10.8. The van der Waals surface area contributed by atoms with Crippen LogP contribution in [0.1, 0.15) is 0 Å². The van der Waals surface area contributed by atoms with Gasteiger partial charge >= 0.3 is 0 Å². The smallest absolute Gasteiger partial charge is 0.294 e. The van der Waals surface area contributed by atoms with Gasteiger partial charge in [-0.25, -0.2) is 0 Å². The summed E-state index contributed by atoms with van der Waals surface area (Å²) >= 11 is 0. The van der Waals surface area contributed by atoms with E-state index >= 15 is 0 Å². The Hall–Kier alpha value is -2.79. The number of anilines is 1. The second kappa shape index (κ2) is 4.45. The van der Waals surface area contributed by atoms with E-state index in [0.717, 1.165) is 5.01 Å². The molecule has 0 spiro atoms. The first-order chi connectivity index (χ1) is 7.11. The monoisotopic (exact) mass is 212 g/mol. The minimum atomic E-state index is -0.467. The van der Waals surface area contributed by atoms with Crippen molar-refractivity contribution >= 4 is 17.9 Å². The molecule has 0 aromatic carbocycles. The summed E-state index contributed by atoms with van der Waals surface area (Å²) in [7, 11) is 0. The van der Waals surface area contributed by atoms with Gasteiger partial charge < -0.3 is 17.2 Å². The highest BCUT2D eigenvalue weighted by Gasteiger charge is 2.13. The Labute approximate surface area is 82.7 Å². The molecule has 12 nitrogen and oxygen atoms in total. The van der Waals surface area contributed by atoms with Crippen LogP contribution in [0.3, 0.4) is 0 Å². The lowest BCUT2D eigenvalue weighted by molar-refractivity contribution is 0.876. The molecule has 1 aromatic heterocycles. The van der Waals surface area contributed by atoms with Crippen molar-refractivity contribution in [2.45, 2.75) is 0 Å². The fourth-order valence-electron chi connectivity index (χ4n) is 0.554. The van der Waals surface area contributed by atoms with Gasteiger partial charge in [0.15, 0.2) is 0 Å². The van der Waals surface area contributed by atoms with Gasteiger partial charge in [0.05, 0.1) is 0 Å². The molecule has 0 saturated carbocycles. The number of guanidine groups is 2. The van der Waals surface area contributed by atoms with Gasteiger partial charge in [-0.1, -0.05) is 10.2 Å². The van der Waals surface area contributed by atoms with Crippen LogP contribution in [0, 0.1) is 5.41 Å². The van der Waals surface area contributed by atoms with E-state index in [1.165, 1.54) is 0 Å². The number of nitrogens with zero attached hydrogens (tertiary/aromatic N) is 7. The maximum absolute atomic E-state index is 7.13. The van der Waals surface area contributed by atoms with Crippen molar-refractivity contribution in [3.8, 4) is 0 Å². The quantitative estimate of drug-likeness (QED) is 0.157. The van der Waals surface area contributed by atoms with Crippen LogP contribution in [0.2, 0.25) is 0 Å². The van der Waals surface area contributed by atoms with Gasteiger partial charge in [-0.3, -0.25) is 5.41 Å². The molecule has 1 rings (SSSR count). The second-order valence-electron chi connectivity index (χ2n) is 2.11. The predicted octanol–water partition coefficient (Wildman–Crippen LogP) is -2.54. The minimum absolute atomic E-state index is 0.0583. The fraction of sp³-hybridized carbons (Fsp3) is 0. The van der Waals surface area contributed by atoms with E-state index in [4.69, 9.17) is 22.6 Å². The number of hydrogen-bond donors (Lipinski definition) is 5. The Kier molecular flexibility index (Phi) is 3.05. The minimum Gasteiger partial charge on any atom is -0.368 e. The van der Waals surface area contributed by atoms with Crippen LogP contribution in [0.4, 0.5) is 5.95 Å². The molecular formula is C3H8N12. The molecule has 8 N–H and O–H groups in total. The molecule has 0 unspecified atom stereocenters. The number of hydrogen-bond acceptors (Lipinski definition) is 6. The Bertz CT molecular complexity index is 368. The van der Waals surface area contributed by atoms with Crippen molar-refractivity contribution in [2.75, 3.05) is 5.01 Å². The van der Waals surface area contributed by atoms with E-state index in [2.05, 4.69) is 36.2 Å². The van der Waals surface area contributed by atoms with E-state index in [0.29, 0.717) is 0 Å². The van der Waals surface area contributed by atoms with Crippen molar-refractivity contribution < 1.29 is 0 Å². The van der Waals surface area contributed by atoms with Gasteiger partial charge in [-0.05, 0) is 15.7 Å². The molecule has 0 aliphatic carbocycles. The second-order valence-corrected chi connectivity index (χ2v) is 2.11. The molecule has 0 aliphatic heterocycles. The summed E-state index contributed by atoms with van der Waals surface area (Å²) < 4.78 is 0. The molecule has 0 saturated heterocycles. The maximum atomic E-state index is 7.13. The molecule has 0 fully saturated rings. The summed E-state index contributed by atoms with van der Waals surface area (Å²) in [6, 6.07) is 0. The zero-order valence-corrected chi connectivity index (χ0v) is 7.36. The van der Waals surface area contributed by atoms with E-state index in [9.17, 15) is 0 Å². The molecule has 1 heterocycles. The first kappa shape index (κ1) is 10.3. The van der Waals surface area contributed by atoms with Crippen LogP contribution >= 0.6 is 0 Å². The zero-order valence-electron chi connectivity index (χ0n) is 7.36. The van der Waals surface area contributed by atoms with Gasteiger partial charge in [-0.15, -0.1) is 10.1 Å². The van der Waals surface area contributed by atoms with Crippen LogP contribution < -0.4 is 22.2 Å². The van der Waals surface area contributed by atoms with E-state index < -0.39 is 5.96 Å². The summed E-state index contributed by atoms with van der Waals surface area (Å²) in [6.45, 7) is 0. The summed E-state index contributed by atoms with van der Waals surface area (Å²) in [6.07, 6.45) is 0. The first-order valence-corrected chi connectivity index (χ1v) is 3.48. The lowest BCUT2D eigenvalue weighted by Gasteiger charge is -2.07. The molecule has 15 heavy (non-hydrogen) atoms. The van der Waals surface area contributed by atoms with E-state index in [-0.39, 0.29) is 11.9 Å². The van der Waals surface area contributed by atoms with Gasteiger partial charge in [0.2, 0.25) is 11.9 Å². The van der Waals surface area contributed by atoms with Gasteiger partial charge in [0.1, 0.15) is 0 Å². The van der Waals surface area contributed by atoms with Crippen LogP contribution in [0.5, 0.6) is 0 Å². The maximum Gasteiger partial charge on any atom is 0.294 e. The number of aromatic nitrogens is 4. The molecule has 12 heteroatoms. The normalized spacial score (nSPS) is 10.1. The lowest BCUT2D eigenvalue weighted by Crippen LogP contribution is -2.32. The fourth-order valence-corrected chi connectivity index (χ4v) is 0.554. The molecule has 0 aliphatic rings. The van der Waals surface area contributed by atoms with Crippen LogP contribution in [-0.4, -0.2) is 32.5 Å². The molecule has 0 amide bonds. The van der Waals surface area contributed by atoms with Crippen LogP contribution in [0.15, 0.2) is 15.5 Å². The van der Waals surface area contributed by atoms with Gasteiger partial charge in [0, 0.05) is 0 Å². The van der Waals surface area contributed by atoms with E-state index in [1.54, 1.807) is 0 Å². The van der Waals surface area contributed by atoms with E-state index in [1.807, 2.05) is 0 Å². The predicted molar refractivity (Wildman–Crippen MR) is 49.2 cm³/mol. The Morgan fingerprint density at radius 1 is 1.40 bits per heavy atom. The summed E-state index contributed by atoms with van der Waals surface area (Å²) in [5.74, 6) is -0.807. The SMILES string of the molecule is N=C(N)N(N=NN=C(N)N)c1nn[nH]n1.